The number of hydrogen-bond donors (Lipinski definition) is 1. The maximum absolute atomic E-state index is 12.8. The van der Waals surface area contributed by atoms with Crippen molar-refractivity contribution in [2.75, 3.05) is 0 Å². The van der Waals surface area contributed by atoms with E-state index >= 15 is 0 Å². The molecule has 0 aliphatic heterocycles. The van der Waals surface area contributed by atoms with Crippen LogP contribution in [0.1, 0.15) is 46.6 Å². The Morgan fingerprint density at radius 3 is 2.73 bits per heavy atom. The summed E-state index contributed by atoms with van der Waals surface area (Å²) in [4.78, 5) is 18.6. The number of carbonyl (C=O) groups excluding carboxylic acids is 1. The van der Waals surface area contributed by atoms with Crippen molar-refractivity contribution in [2.45, 2.75) is 25.7 Å². The Bertz CT molecular complexity index is 1040. The SMILES string of the molecule is CC(=NNC(=O)c1cc(C2CC2)nc2ccc(Br)cc12)c1ccc(Br)s1. The molecular weight excluding hydrogens is 478 g/mol. The molecule has 0 radical (unpaired) electrons. The standard InChI is InChI=1S/C19H15Br2N3OS/c1-10(17-6-7-18(21)26-17)23-24-19(25)14-9-16(11-2-3-11)22-15-5-4-12(20)8-13(14)15/h4-9,11H,2-3H2,1H3,(H,24,25). The maximum atomic E-state index is 12.8. The molecule has 7 heteroatoms. The lowest BCUT2D eigenvalue weighted by atomic mass is 10.1. The molecule has 0 spiro atoms. The van der Waals surface area contributed by atoms with Crippen LogP contribution in [0.25, 0.3) is 10.9 Å². The molecule has 1 N–H and O–H groups in total. The molecule has 0 saturated heterocycles. The van der Waals surface area contributed by atoms with Gasteiger partial charge in [-0.05, 0) is 72.1 Å². The van der Waals surface area contributed by atoms with Gasteiger partial charge in [-0.1, -0.05) is 15.9 Å². The third kappa shape index (κ3) is 3.75. The van der Waals surface area contributed by atoms with Crippen LogP contribution in [0.3, 0.4) is 0 Å². The zero-order valence-electron chi connectivity index (χ0n) is 13.9. The highest BCUT2D eigenvalue weighted by Gasteiger charge is 2.27. The first-order valence-electron chi connectivity index (χ1n) is 8.22. The monoisotopic (exact) mass is 491 g/mol. The van der Waals surface area contributed by atoms with Gasteiger partial charge >= 0.3 is 0 Å². The molecule has 132 valence electrons. The van der Waals surface area contributed by atoms with Gasteiger partial charge in [0.2, 0.25) is 0 Å². The van der Waals surface area contributed by atoms with E-state index in [1.54, 1.807) is 11.3 Å². The van der Waals surface area contributed by atoms with E-state index in [1.165, 1.54) is 0 Å². The third-order valence-corrected chi connectivity index (χ3v) is 6.51. The quantitative estimate of drug-likeness (QED) is 0.366. The molecule has 2 aromatic heterocycles. The highest BCUT2D eigenvalue weighted by Crippen LogP contribution is 2.40. The van der Waals surface area contributed by atoms with E-state index in [-0.39, 0.29) is 5.91 Å². The number of benzene rings is 1. The number of fused-ring (bicyclic) bond motifs is 1. The van der Waals surface area contributed by atoms with Gasteiger partial charge in [0.25, 0.3) is 5.91 Å². The van der Waals surface area contributed by atoms with Gasteiger partial charge in [-0.2, -0.15) is 5.10 Å². The number of hydrogen-bond acceptors (Lipinski definition) is 4. The number of halogens is 2. The van der Waals surface area contributed by atoms with Gasteiger partial charge in [0.15, 0.2) is 0 Å². The van der Waals surface area contributed by atoms with Crippen molar-refractivity contribution in [3.63, 3.8) is 0 Å². The van der Waals surface area contributed by atoms with Crippen molar-refractivity contribution in [1.82, 2.24) is 10.4 Å². The predicted octanol–water partition coefficient (Wildman–Crippen LogP) is 5.85. The second-order valence-corrected chi connectivity index (χ2v) is 9.65. The highest BCUT2D eigenvalue weighted by molar-refractivity contribution is 9.11. The highest BCUT2D eigenvalue weighted by atomic mass is 79.9. The number of nitrogens with one attached hydrogen (secondary N) is 1. The van der Waals surface area contributed by atoms with E-state index in [0.29, 0.717) is 11.5 Å². The molecule has 0 bridgehead atoms. The number of thiophene rings is 1. The average molecular weight is 493 g/mol. The molecule has 3 aromatic rings. The van der Waals surface area contributed by atoms with Crippen LogP contribution in [0.15, 0.2) is 49.8 Å². The Morgan fingerprint density at radius 1 is 1.23 bits per heavy atom. The lowest BCUT2D eigenvalue weighted by molar-refractivity contribution is 0.0956. The molecule has 1 aliphatic rings. The van der Waals surface area contributed by atoms with Crippen molar-refractivity contribution in [3.05, 3.63) is 60.8 Å². The van der Waals surface area contributed by atoms with Crippen LogP contribution in [0.2, 0.25) is 0 Å². The molecule has 4 nitrogen and oxygen atoms in total. The Hall–Kier alpha value is -1.57. The van der Waals surface area contributed by atoms with E-state index in [1.807, 2.05) is 43.3 Å². The van der Waals surface area contributed by atoms with Crippen LogP contribution in [-0.4, -0.2) is 16.6 Å². The molecule has 2 heterocycles. The number of rotatable bonds is 4. The minimum atomic E-state index is -0.215. The molecule has 1 aliphatic carbocycles. The number of aromatic nitrogens is 1. The molecule has 1 aromatic carbocycles. The normalized spacial score (nSPS) is 14.7. The van der Waals surface area contributed by atoms with Gasteiger partial charge in [-0.25, -0.2) is 5.43 Å². The predicted molar refractivity (Wildman–Crippen MR) is 113 cm³/mol. The number of amides is 1. The first-order chi connectivity index (χ1) is 12.5. The van der Waals surface area contributed by atoms with E-state index in [9.17, 15) is 4.79 Å². The second-order valence-electron chi connectivity index (χ2n) is 6.27. The number of carbonyl (C=O) groups is 1. The Morgan fingerprint density at radius 2 is 2.04 bits per heavy atom. The fraction of sp³-hybridized carbons (Fsp3) is 0.211. The van der Waals surface area contributed by atoms with Crippen LogP contribution in [0.4, 0.5) is 0 Å². The molecule has 1 saturated carbocycles. The third-order valence-electron chi connectivity index (χ3n) is 4.29. The zero-order chi connectivity index (χ0) is 18.3. The minimum Gasteiger partial charge on any atom is -0.267 e. The second kappa shape index (κ2) is 7.21. The lowest BCUT2D eigenvalue weighted by Crippen LogP contribution is -2.20. The van der Waals surface area contributed by atoms with Crippen molar-refractivity contribution in [2.24, 2.45) is 5.10 Å². The van der Waals surface area contributed by atoms with Gasteiger partial charge in [0.05, 0.1) is 25.5 Å². The van der Waals surface area contributed by atoms with Crippen LogP contribution < -0.4 is 5.43 Å². The topological polar surface area (TPSA) is 54.4 Å². The summed E-state index contributed by atoms with van der Waals surface area (Å²) in [7, 11) is 0. The summed E-state index contributed by atoms with van der Waals surface area (Å²) in [6.45, 7) is 1.88. The summed E-state index contributed by atoms with van der Waals surface area (Å²) in [5.41, 5.74) is 5.92. The van der Waals surface area contributed by atoms with Crippen LogP contribution in [-0.2, 0) is 0 Å². The lowest BCUT2D eigenvalue weighted by Gasteiger charge is -2.09. The van der Waals surface area contributed by atoms with Crippen LogP contribution in [0.5, 0.6) is 0 Å². The maximum Gasteiger partial charge on any atom is 0.272 e. The molecule has 1 amide bonds. The fourth-order valence-electron chi connectivity index (χ4n) is 2.75. The Balaban J connectivity index is 1.68. The van der Waals surface area contributed by atoms with Gasteiger partial charge in [0.1, 0.15) is 0 Å². The minimum absolute atomic E-state index is 0.215. The van der Waals surface area contributed by atoms with Crippen molar-refractivity contribution < 1.29 is 4.79 Å². The number of nitrogens with zero attached hydrogens (tertiary/aromatic N) is 2. The van der Waals surface area contributed by atoms with Gasteiger partial charge < -0.3 is 0 Å². The Labute approximate surface area is 172 Å². The Kier molecular flexibility index (Phi) is 4.94. The summed E-state index contributed by atoms with van der Waals surface area (Å²) in [5.74, 6) is 0.260. The first-order valence-corrected chi connectivity index (χ1v) is 10.6. The van der Waals surface area contributed by atoms with Crippen molar-refractivity contribution in [3.8, 4) is 0 Å². The summed E-state index contributed by atoms with van der Waals surface area (Å²) in [6.07, 6.45) is 2.28. The first kappa shape index (κ1) is 17.8. The average Bonchev–Trinajstić information content (AvgIpc) is 3.39. The number of hydrazone groups is 1. The summed E-state index contributed by atoms with van der Waals surface area (Å²) in [6, 6.07) is 11.7. The van der Waals surface area contributed by atoms with E-state index < -0.39 is 0 Å². The van der Waals surface area contributed by atoms with Crippen LogP contribution >= 0.6 is 43.2 Å². The molecule has 0 unspecified atom stereocenters. The molecule has 26 heavy (non-hydrogen) atoms. The molecule has 1 fully saturated rings. The zero-order valence-corrected chi connectivity index (χ0v) is 17.9. The largest absolute Gasteiger partial charge is 0.272 e. The number of pyridine rings is 1. The van der Waals surface area contributed by atoms with Gasteiger partial charge in [-0.15, -0.1) is 11.3 Å². The molecule has 4 rings (SSSR count). The van der Waals surface area contributed by atoms with Gasteiger partial charge in [0, 0.05) is 21.5 Å². The van der Waals surface area contributed by atoms with Crippen molar-refractivity contribution >= 4 is 65.7 Å². The van der Waals surface area contributed by atoms with Crippen molar-refractivity contribution in [1.29, 1.82) is 0 Å². The summed E-state index contributed by atoms with van der Waals surface area (Å²) >= 11 is 8.50. The van der Waals surface area contributed by atoms with Gasteiger partial charge in [-0.3, -0.25) is 9.78 Å². The fourth-order valence-corrected chi connectivity index (χ4v) is 4.45. The van der Waals surface area contributed by atoms with Crippen LogP contribution in [0, 0.1) is 0 Å². The van der Waals surface area contributed by atoms with E-state index in [2.05, 4.69) is 42.4 Å². The summed E-state index contributed by atoms with van der Waals surface area (Å²) < 4.78 is 1.95. The van der Waals surface area contributed by atoms with E-state index in [4.69, 9.17) is 4.98 Å². The van der Waals surface area contributed by atoms with E-state index in [0.717, 1.165) is 48.3 Å². The summed E-state index contributed by atoms with van der Waals surface area (Å²) in [5, 5.41) is 5.10. The molecular formula is C19H15Br2N3OS. The molecule has 0 atom stereocenters. The smallest absolute Gasteiger partial charge is 0.267 e.